The monoisotopic (exact) mass is 309 g/mol. The van der Waals surface area contributed by atoms with Crippen molar-refractivity contribution in [3.63, 3.8) is 0 Å². The molecule has 0 saturated carbocycles. The van der Waals surface area contributed by atoms with Crippen LogP contribution in [0.3, 0.4) is 0 Å². The minimum Gasteiger partial charge on any atom is -0.312 e. The lowest BCUT2D eigenvalue weighted by atomic mass is 10.2. The van der Waals surface area contributed by atoms with Gasteiger partial charge in [0.05, 0.1) is 18.5 Å². The van der Waals surface area contributed by atoms with E-state index in [4.69, 9.17) is 0 Å². The number of aryl methyl sites for hydroxylation is 1. The quantitative estimate of drug-likeness (QED) is 0.792. The lowest BCUT2D eigenvalue weighted by Gasteiger charge is -2.10. The fourth-order valence-corrected chi connectivity index (χ4v) is 2.25. The van der Waals surface area contributed by atoms with Crippen molar-refractivity contribution in [2.45, 2.75) is 33.4 Å². The fourth-order valence-electron chi connectivity index (χ4n) is 1.75. The van der Waals surface area contributed by atoms with Gasteiger partial charge in [0, 0.05) is 18.4 Å². The molecule has 1 N–H and O–H groups in total. The van der Waals surface area contributed by atoms with E-state index in [9.17, 15) is 17.2 Å². The highest BCUT2D eigenvalue weighted by Crippen LogP contribution is 2.23. The minimum atomic E-state index is -3.21. The normalized spacial score (nSPS) is 12.6. The summed E-state index contributed by atoms with van der Waals surface area (Å²) < 4.78 is 49.5. The molecule has 0 bridgehead atoms. The molecule has 0 spiro atoms. The maximum atomic E-state index is 13.1. The summed E-state index contributed by atoms with van der Waals surface area (Å²) in [5.74, 6) is 0.220. The van der Waals surface area contributed by atoms with E-state index in [0.29, 0.717) is 18.0 Å². The second-order valence-corrected chi connectivity index (χ2v) is 7.49. The van der Waals surface area contributed by atoms with E-state index in [1.165, 1.54) is 6.20 Å². The molecule has 8 heteroatoms. The van der Waals surface area contributed by atoms with Gasteiger partial charge in [-0.1, -0.05) is 13.8 Å². The molecule has 0 aliphatic rings. The number of nitrogens with zero attached hydrogens (tertiary/aromatic N) is 2. The molecule has 0 amide bonds. The van der Waals surface area contributed by atoms with Crippen molar-refractivity contribution >= 4 is 9.84 Å². The summed E-state index contributed by atoms with van der Waals surface area (Å²) in [5, 5.41) is 6.95. The second kappa shape index (κ2) is 7.12. The highest BCUT2D eigenvalue weighted by Gasteiger charge is 2.20. The van der Waals surface area contributed by atoms with Gasteiger partial charge in [0.15, 0.2) is 0 Å². The Labute approximate surface area is 118 Å². The van der Waals surface area contributed by atoms with Gasteiger partial charge in [0.2, 0.25) is 0 Å². The Morgan fingerprint density at radius 2 is 2.05 bits per heavy atom. The molecular formula is C12H21F2N3O2S. The Bertz CT molecular complexity index is 527. The van der Waals surface area contributed by atoms with E-state index in [-0.39, 0.29) is 18.0 Å². The SMILES string of the molecule is CC(C)CNCc1cnn(CCS(C)(=O)=O)c1C(F)F. The molecule has 0 fully saturated rings. The van der Waals surface area contributed by atoms with Crippen LogP contribution in [-0.2, 0) is 22.9 Å². The zero-order chi connectivity index (χ0) is 15.3. The molecule has 1 aromatic heterocycles. The molecule has 1 heterocycles. The van der Waals surface area contributed by atoms with Crippen LogP contribution in [-0.4, -0.2) is 36.8 Å². The molecule has 5 nitrogen and oxygen atoms in total. The first-order valence-corrected chi connectivity index (χ1v) is 8.48. The van der Waals surface area contributed by atoms with E-state index >= 15 is 0 Å². The van der Waals surface area contributed by atoms with Crippen LogP contribution in [0.1, 0.15) is 31.5 Å². The van der Waals surface area contributed by atoms with Gasteiger partial charge < -0.3 is 5.32 Å². The standard InChI is InChI=1S/C12H21F2N3O2S/c1-9(2)6-15-7-10-8-16-17(11(10)12(13)14)4-5-20(3,18)19/h8-9,12,15H,4-7H2,1-3H3. The zero-order valence-corrected chi connectivity index (χ0v) is 12.8. The number of hydrogen-bond donors (Lipinski definition) is 1. The Hall–Kier alpha value is -1.02. The van der Waals surface area contributed by atoms with Crippen LogP contribution in [0.2, 0.25) is 0 Å². The van der Waals surface area contributed by atoms with E-state index in [1.807, 2.05) is 13.8 Å². The molecule has 0 aliphatic carbocycles. The Morgan fingerprint density at radius 1 is 1.40 bits per heavy atom. The smallest absolute Gasteiger partial charge is 0.280 e. The van der Waals surface area contributed by atoms with Crippen LogP contribution in [0.15, 0.2) is 6.20 Å². The van der Waals surface area contributed by atoms with Crippen molar-refractivity contribution in [1.29, 1.82) is 0 Å². The first-order valence-electron chi connectivity index (χ1n) is 6.42. The molecule has 20 heavy (non-hydrogen) atoms. The van der Waals surface area contributed by atoms with Crippen molar-refractivity contribution in [2.75, 3.05) is 18.6 Å². The third kappa shape index (κ3) is 5.54. The zero-order valence-electron chi connectivity index (χ0n) is 11.9. The van der Waals surface area contributed by atoms with E-state index < -0.39 is 16.3 Å². The summed E-state index contributed by atoms with van der Waals surface area (Å²) in [6.45, 7) is 5.02. The summed E-state index contributed by atoms with van der Waals surface area (Å²) >= 11 is 0. The lowest BCUT2D eigenvalue weighted by molar-refractivity contribution is 0.138. The average Bonchev–Trinajstić information content (AvgIpc) is 2.68. The van der Waals surface area contributed by atoms with E-state index in [0.717, 1.165) is 17.5 Å². The van der Waals surface area contributed by atoms with Crippen LogP contribution in [0.25, 0.3) is 0 Å². The van der Waals surface area contributed by atoms with Crippen LogP contribution >= 0.6 is 0 Å². The molecule has 116 valence electrons. The van der Waals surface area contributed by atoms with Crippen molar-refractivity contribution in [1.82, 2.24) is 15.1 Å². The van der Waals surface area contributed by atoms with Crippen molar-refractivity contribution < 1.29 is 17.2 Å². The number of aromatic nitrogens is 2. The van der Waals surface area contributed by atoms with Crippen molar-refractivity contribution in [3.05, 3.63) is 17.5 Å². The van der Waals surface area contributed by atoms with Gasteiger partial charge in [-0.2, -0.15) is 5.10 Å². The summed E-state index contributed by atoms with van der Waals surface area (Å²) in [5.41, 5.74) is 0.207. The molecule has 0 unspecified atom stereocenters. The van der Waals surface area contributed by atoms with Crippen LogP contribution in [0, 0.1) is 5.92 Å². The number of sulfone groups is 1. The third-order valence-corrected chi connectivity index (χ3v) is 3.63. The lowest BCUT2D eigenvalue weighted by Crippen LogP contribution is -2.20. The number of halogens is 2. The maximum Gasteiger partial charge on any atom is 0.280 e. The van der Waals surface area contributed by atoms with Crippen LogP contribution in [0.5, 0.6) is 0 Å². The second-order valence-electron chi connectivity index (χ2n) is 5.23. The van der Waals surface area contributed by atoms with Gasteiger partial charge in [0.1, 0.15) is 15.5 Å². The molecular weight excluding hydrogens is 288 g/mol. The summed E-state index contributed by atoms with van der Waals surface area (Å²) in [4.78, 5) is 0. The van der Waals surface area contributed by atoms with E-state index in [1.54, 1.807) is 0 Å². The predicted molar refractivity (Wildman–Crippen MR) is 73.4 cm³/mol. The van der Waals surface area contributed by atoms with Gasteiger partial charge in [-0.25, -0.2) is 17.2 Å². The fraction of sp³-hybridized carbons (Fsp3) is 0.750. The summed E-state index contributed by atoms with van der Waals surface area (Å²) in [6, 6.07) is 0. The van der Waals surface area contributed by atoms with Gasteiger partial charge in [0.25, 0.3) is 6.43 Å². The average molecular weight is 309 g/mol. The van der Waals surface area contributed by atoms with E-state index in [2.05, 4.69) is 10.4 Å². The van der Waals surface area contributed by atoms with Crippen LogP contribution < -0.4 is 5.32 Å². The maximum absolute atomic E-state index is 13.1. The summed E-state index contributed by atoms with van der Waals surface area (Å²) in [6.07, 6.45) is -0.228. The Balaban J connectivity index is 2.79. The minimum absolute atomic E-state index is 0.0529. The van der Waals surface area contributed by atoms with Crippen LogP contribution in [0.4, 0.5) is 8.78 Å². The molecule has 0 saturated heterocycles. The third-order valence-electron chi connectivity index (χ3n) is 2.71. The highest BCUT2D eigenvalue weighted by molar-refractivity contribution is 7.90. The molecule has 0 aromatic carbocycles. The molecule has 0 aliphatic heterocycles. The molecule has 1 rings (SSSR count). The number of hydrogen-bond acceptors (Lipinski definition) is 4. The highest BCUT2D eigenvalue weighted by atomic mass is 32.2. The largest absolute Gasteiger partial charge is 0.312 e. The molecule has 0 radical (unpaired) electrons. The van der Waals surface area contributed by atoms with Crippen molar-refractivity contribution in [3.8, 4) is 0 Å². The number of rotatable bonds is 8. The molecule has 1 aromatic rings. The first-order chi connectivity index (χ1) is 9.20. The number of alkyl halides is 2. The van der Waals surface area contributed by atoms with Gasteiger partial charge >= 0.3 is 0 Å². The Kier molecular flexibility index (Phi) is 6.07. The number of nitrogens with one attached hydrogen (secondary N) is 1. The predicted octanol–water partition coefficient (Wildman–Crippen LogP) is 1.61. The topological polar surface area (TPSA) is 64.0 Å². The van der Waals surface area contributed by atoms with Gasteiger partial charge in [-0.3, -0.25) is 4.68 Å². The molecule has 0 atom stereocenters. The van der Waals surface area contributed by atoms with Crippen molar-refractivity contribution in [2.24, 2.45) is 5.92 Å². The first kappa shape index (κ1) is 17.0. The Morgan fingerprint density at radius 3 is 2.55 bits per heavy atom. The van der Waals surface area contributed by atoms with Gasteiger partial charge in [-0.15, -0.1) is 0 Å². The van der Waals surface area contributed by atoms with Gasteiger partial charge in [-0.05, 0) is 12.5 Å². The summed E-state index contributed by atoms with van der Waals surface area (Å²) in [7, 11) is -3.21.